The number of benzene rings is 1. The van der Waals surface area contributed by atoms with E-state index in [1.54, 1.807) is 36.1 Å². The SMILES string of the molecule is COc1ccc(COC(=O)NS(=O)[O-])cc1.Cl. The summed E-state index contributed by atoms with van der Waals surface area (Å²) in [5.74, 6) is 0.689. The Labute approximate surface area is 107 Å². The summed E-state index contributed by atoms with van der Waals surface area (Å²) in [5.41, 5.74) is 0.729. The first-order valence-corrected chi connectivity index (χ1v) is 5.35. The van der Waals surface area contributed by atoms with E-state index in [2.05, 4.69) is 4.74 Å². The molecule has 0 aliphatic rings. The number of hydrogen-bond acceptors (Lipinski definition) is 5. The van der Waals surface area contributed by atoms with Crippen molar-refractivity contribution in [3.05, 3.63) is 29.8 Å². The third-order valence-electron chi connectivity index (χ3n) is 1.70. The number of nitrogens with one attached hydrogen (secondary N) is 1. The zero-order chi connectivity index (χ0) is 12.0. The standard InChI is InChI=1S/C9H11NO5S.ClH/c1-14-8-4-2-7(3-5-8)6-15-9(11)10-16(12)13;/h2-5H,6H2,1H3,(H,10,11)(H,12,13);1H/p-1. The van der Waals surface area contributed by atoms with Gasteiger partial charge in [0.15, 0.2) is 0 Å². The van der Waals surface area contributed by atoms with Crippen molar-refractivity contribution in [3.8, 4) is 5.75 Å². The van der Waals surface area contributed by atoms with Crippen molar-refractivity contribution < 1.29 is 23.0 Å². The van der Waals surface area contributed by atoms with Crippen LogP contribution in [0.2, 0.25) is 0 Å². The molecular weight excluding hydrogens is 270 g/mol. The highest BCUT2D eigenvalue weighted by Crippen LogP contribution is 2.11. The summed E-state index contributed by atoms with van der Waals surface area (Å²) in [7, 11) is 1.54. The lowest BCUT2D eigenvalue weighted by atomic mass is 10.2. The molecule has 1 unspecified atom stereocenters. The summed E-state index contributed by atoms with van der Waals surface area (Å²) in [5, 5.41) is 0. The van der Waals surface area contributed by atoms with E-state index in [4.69, 9.17) is 4.74 Å². The number of carbonyl (C=O) groups excluding carboxylic acids is 1. The quantitative estimate of drug-likeness (QED) is 0.836. The summed E-state index contributed by atoms with van der Waals surface area (Å²) in [6.07, 6.45) is -1.01. The van der Waals surface area contributed by atoms with Crippen LogP contribution in [0, 0.1) is 0 Å². The van der Waals surface area contributed by atoms with Crippen LogP contribution >= 0.6 is 12.4 Å². The molecular formula is C9H11ClNO5S-. The molecule has 0 saturated heterocycles. The number of amides is 1. The smallest absolute Gasteiger partial charge is 0.418 e. The summed E-state index contributed by atoms with van der Waals surface area (Å²) in [6.45, 7) is -0.00692. The van der Waals surface area contributed by atoms with Gasteiger partial charge in [-0.3, -0.25) is 8.93 Å². The Hall–Kier alpha value is -1.31. The van der Waals surface area contributed by atoms with Gasteiger partial charge in [0.2, 0.25) is 0 Å². The van der Waals surface area contributed by atoms with Crippen molar-refractivity contribution in [2.24, 2.45) is 0 Å². The molecule has 1 aromatic carbocycles. The van der Waals surface area contributed by atoms with E-state index in [9.17, 15) is 13.6 Å². The van der Waals surface area contributed by atoms with Gasteiger partial charge in [0.05, 0.1) is 7.11 Å². The zero-order valence-electron chi connectivity index (χ0n) is 8.87. The number of hydrogen-bond donors (Lipinski definition) is 1. The van der Waals surface area contributed by atoms with Gasteiger partial charge in [0.25, 0.3) is 0 Å². The monoisotopic (exact) mass is 280 g/mol. The molecule has 0 heterocycles. The molecule has 1 amide bonds. The lowest BCUT2D eigenvalue weighted by Gasteiger charge is -2.08. The molecule has 0 bridgehead atoms. The Morgan fingerprint density at radius 1 is 1.41 bits per heavy atom. The number of halogens is 1. The molecule has 17 heavy (non-hydrogen) atoms. The fraction of sp³-hybridized carbons (Fsp3) is 0.222. The molecule has 0 aliphatic carbocycles. The van der Waals surface area contributed by atoms with Crippen LogP contribution < -0.4 is 9.46 Å². The minimum Gasteiger partial charge on any atom is -0.755 e. The topological polar surface area (TPSA) is 87.7 Å². The van der Waals surface area contributed by atoms with E-state index in [0.717, 1.165) is 5.56 Å². The predicted molar refractivity (Wildman–Crippen MR) is 62.5 cm³/mol. The third kappa shape index (κ3) is 6.10. The Kier molecular flexibility index (Phi) is 7.27. The first kappa shape index (κ1) is 15.7. The second-order valence-corrected chi connectivity index (χ2v) is 3.43. The van der Waals surface area contributed by atoms with Crippen LogP contribution in [0.15, 0.2) is 24.3 Å². The predicted octanol–water partition coefficient (Wildman–Crippen LogP) is 1.14. The van der Waals surface area contributed by atoms with Gasteiger partial charge in [-0.25, -0.2) is 4.79 Å². The number of ether oxygens (including phenoxy) is 2. The van der Waals surface area contributed by atoms with E-state index in [1.807, 2.05) is 0 Å². The van der Waals surface area contributed by atoms with Gasteiger partial charge in [0.1, 0.15) is 12.4 Å². The van der Waals surface area contributed by atoms with Crippen LogP contribution in [0.5, 0.6) is 5.75 Å². The normalized spacial score (nSPS) is 10.9. The van der Waals surface area contributed by atoms with E-state index in [-0.39, 0.29) is 19.0 Å². The van der Waals surface area contributed by atoms with Gasteiger partial charge >= 0.3 is 6.09 Å². The highest BCUT2D eigenvalue weighted by molar-refractivity contribution is 7.77. The van der Waals surface area contributed by atoms with Crippen molar-refractivity contribution in [1.29, 1.82) is 0 Å². The lowest BCUT2D eigenvalue weighted by Crippen LogP contribution is -2.25. The maximum Gasteiger partial charge on any atom is 0.418 e. The highest BCUT2D eigenvalue weighted by Gasteiger charge is 2.01. The summed E-state index contributed by atoms with van der Waals surface area (Å²) in [4.78, 5) is 10.8. The van der Waals surface area contributed by atoms with Gasteiger partial charge in [-0.15, -0.1) is 12.4 Å². The number of carbonyl (C=O) groups is 1. The minimum absolute atomic E-state index is 0. The molecule has 8 heteroatoms. The Morgan fingerprint density at radius 2 is 2.00 bits per heavy atom. The molecule has 0 spiro atoms. The van der Waals surface area contributed by atoms with Crippen LogP contribution in [-0.2, 0) is 22.6 Å². The second-order valence-electron chi connectivity index (χ2n) is 2.76. The van der Waals surface area contributed by atoms with Gasteiger partial charge in [0, 0.05) is 11.3 Å². The van der Waals surface area contributed by atoms with Crippen LogP contribution in [0.4, 0.5) is 4.79 Å². The average Bonchev–Trinajstić information content (AvgIpc) is 2.26. The Bertz CT molecular complexity index is 383. The number of rotatable bonds is 4. The Morgan fingerprint density at radius 3 is 2.47 bits per heavy atom. The molecule has 96 valence electrons. The van der Waals surface area contributed by atoms with Gasteiger partial charge in [-0.05, 0) is 17.7 Å². The molecule has 6 nitrogen and oxygen atoms in total. The maximum absolute atomic E-state index is 10.8. The minimum atomic E-state index is -2.65. The molecule has 1 aromatic rings. The summed E-state index contributed by atoms with van der Waals surface area (Å²) in [6, 6.07) is 6.84. The molecule has 0 radical (unpaired) electrons. The molecule has 1 rings (SSSR count). The van der Waals surface area contributed by atoms with Crippen LogP contribution in [0.25, 0.3) is 0 Å². The fourth-order valence-electron chi connectivity index (χ4n) is 0.968. The van der Waals surface area contributed by atoms with Crippen LogP contribution in [0.1, 0.15) is 5.56 Å². The van der Waals surface area contributed by atoms with Crippen molar-refractivity contribution in [2.75, 3.05) is 7.11 Å². The van der Waals surface area contributed by atoms with E-state index in [1.165, 1.54) is 0 Å². The van der Waals surface area contributed by atoms with E-state index in [0.29, 0.717) is 5.75 Å². The number of methoxy groups -OCH3 is 1. The molecule has 0 saturated carbocycles. The average molecular weight is 281 g/mol. The lowest BCUT2D eigenvalue weighted by molar-refractivity contribution is 0.145. The molecule has 0 aromatic heterocycles. The Balaban J connectivity index is 0.00000256. The van der Waals surface area contributed by atoms with Crippen LogP contribution in [0.3, 0.4) is 0 Å². The maximum atomic E-state index is 10.8. The van der Waals surface area contributed by atoms with Crippen molar-refractivity contribution in [1.82, 2.24) is 4.72 Å². The van der Waals surface area contributed by atoms with Crippen molar-refractivity contribution in [3.63, 3.8) is 0 Å². The first-order chi connectivity index (χ1) is 7.61. The van der Waals surface area contributed by atoms with E-state index < -0.39 is 17.4 Å². The van der Waals surface area contributed by atoms with Gasteiger partial charge in [-0.2, -0.15) is 0 Å². The third-order valence-corrected chi connectivity index (χ3v) is 2.03. The summed E-state index contributed by atoms with van der Waals surface area (Å²) < 4.78 is 31.3. The first-order valence-electron chi connectivity index (χ1n) is 4.27. The fourth-order valence-corrected chi connectivity index (χ4v) is 1.16. The molecule has 1 N–H and O–H groups in total. The van der Waals surface area contributed by atoms with Gasteiger partial charge < -0.3 is 14.0 Å². The van der Waals surface area contributed by atoms with E-state index >= 15 is 0 Å². The van der Waals surface area contributed by atoms with Crippen LogP contribution in [-0.4, -0.2) is 22.0 Å². The second kappa shape index (κ2) is 7.88. The molecule has 1 atom stereocenters. The van der Waals surface area contributed by atoms with Crippen molar-refractivity contribution in [2.45, 2.75) is 6.61 Å². The molecule has 0 aliphatic heterocycles. The highest BCUT2D eigenvalue weighted by atomic mass is 35.5. The molecule has 0 fully saturated rings. The summed E-state index contributed by atoms with van der Waals surface area (Å²) >= 11 is -2.65. The van der Waals surface area contributed by atoms with Gasteiger partial charge in [-0.1, -0.05) is 12.1 Å². The zero-order valence-corrected chi connectivity index (χ0v) is 10.5. The largest absolute Gasteiger partial charge is 0.755 e. The van der Waals surface area contributed by atoms with Crippen molar-refractivity contribution >= 4 is 29.8 Å².